The van der Waals surface area contributed by atoms with E-state index in [9.17, 15) is 4.79 Å². The number of nitrogens with zero attached hydrogens (tertiary/aromatic N) is 2. The molecule has 0 radical (unpaired) electrons. The van der Waals surface area contributed by atoms with Crippen LogP contribution in [0, 0.1) is 6.92 Å². The standard InChI is InChI=1S/C19H25N3O2/c1-14-8-5-6-10-18(14)24-15(2)12-21-19(23)22(4)16(3)17-9-7-11-20-13-17/h5-11,13,15-16H,12H2,1-4H3,(H,21,23). The number of benzene rings is 1. The summed E-state index contributed by atoms with van der Waals surface area (Å²) >= 11 is 0. The number of nitrogens with one attached hydrogen (secondary N) is 1. The molecule has 0 saturated carbocycles. The van der Waals surface area contributed by atoms with E-state index in [1.807, 2.05) is 57.2 Å². The highest BCUT2D eigenvalue weighted by atomic mass is 16.5. The highest BCUT2D eigenvalue weighted by Gasteiger charge is 2.18. The van der Waals surface area contributed by atoms with Crippen LogP contribution in [0.3, 0.4) is 0 Å². The number of pyridine rings is 1. The Morgan fingerprint density at radius 1 is 1.25 bits per heavy atom. The molecule has 1 aromatic heterocycles. The van der Waals surface area contributed by atoms with Crippen LogP contribution in [0.15, 0.2) is 48.8 Å². The van der Waals surface area contributed by atoms with Crippen molar-refractivity contribution in [3.8, 4) is 5.75 Å². The summed E-state index contributed by atoms with van der Waals surface area (Å²) in [4.78, 5) is 18.1. The van der Waals surface area contributed by atoms with Crippen LogP contribution < -0.4 is 10.1 Å². The molecule has 0 bridgehead atoms. The van der Waals surface area contributed by atoms with Gasteiger partial charge in [-0.2, -0.15) is 0 Å². The van der Waals surface area contributed by atoms with Gasteiger partial charge in [-0.25, -0.2) is 4.79 Å². The second-order valence-electron chi connectivity index (χ2n) is 5.95. The number of urea groups is 1. The molecule has 0 spiro atoms. The fourth-order valence-electron chi connectivity index (χ4n) is 2.33. The highest BCUT2D eigenvalue weighted by molar-refractivity contribution is 5.74. The molecule has 1 aromatic carbocycles. The lowest BCUT2D eigenvalue weighted by Gasteiger charge is -2.26. The molecule has 0 aliphatic heterocycles. The summed E-state index contributed by atoms with van der Waals surface area (Å²) in [7, 11) is 1.78. The molecular formula is C19H25N3O2. The molecule has 5 nitrogen and oxygen atoms in total. The summed E-state index contributed by atoms with van der Waals surface area (Å²) in [5, 5.41) is 2.91. The maximum absolute atomic E-state index is 12.3. The van der Waals surface area contributed by atoms with Crippen molar-refractivity contribution >= 4 is 6.03 Å². The number of para-hydroxylation sites is 1. The van der Waals surface area contributed by atoms with Crippen LogP contribution in [-0.2, 0) is 0 Å². The van der Waals surface area contributed by atoms with Crippen LogP contribution in [0.25, 0.3) is 0 Å². The van der Waals surface area contributed by atoms with Gasteiger partial charge < -0.3 is 15.0 Å². The number of ether oxygens (including phenoxy) is 1. The number of hydrogen-bond acceptors (Lipinski definition) is 3. The van der Waals surface area contributed by atoms with Gasteiger partial charge in [0.25, 0.3) is 0 Å². The minimum absolute atomic E-state index is 0.0497. The number of carbonyl (C=O) groups is 1. The third-order valence-corrected chi connectivity index (χ3v) is 4.03. The zero-order valence-corrected chi connectivity index (χ0v) is 14.7. The molecule has 2 amide bonds. The molecule has 128 valence electrons. The van der Waals surface area contributed by atoms with E-state index in [4.69, 9.17) is 4.74 Å². The first-order chi connectivity index (χ1) is 11.5. The normalized spacial score (nSPS) is 13.0. The van der Waals surface area contributed by atoms with E-state index in [1.54, 1.807) is 24.3 Å². The lowest BCUT2D eigenvalue weighted by atomic mass is 10.1. The summed E-state index contributed by atoms with van der Waals surface area (Å²) in [6, 6.07) is 11.5. The zero-order chi connectivity index (χ0) is 17.5. The third kappa shape index (κ3) is 4.72. The summed E-state index contributed by atoms with van der Waals surface area (Å²) in [5.74, 6) is 0.844. The second kappa shape index (κ2) is 8.34. The smallest absolute Gasteiger partial charge is 0.317 e. The first-order valence-electron chi connectivity index (χ1n) is 8.12. The van der Waals surface area contributed by atoms with Gasteiger partial charge in [0.2, 0.25) is 0 Å². The third-order valence-electron chi connectivity index (χ3n) is 4.03. The number of rotatable bonds is 6. The summed E-state index contributed by atoms with van der Waals surface area (Å²) in [6.07, 6.45) is 3.39. The van der Waals surface area contributed by atoms with E-state index in [0.717, 1.165) is 16.9 Å². The zero-order valence-electron chi connectivity index (χ0n) is 14.7. The highest BCUT2D eigenvalue weighted by Crippen LogP contribution is 2.18. The van der Waals surface area contributed by atoms with E-state index in [-0.39, 0.29) is 18.2 Å². The van der Waals surface area contributed by atoms with Crippen molar-refractivity contribution in [1.29, 1.82) is 0 Å². The van der Waals surface area contributed by atoms with Crippen LogP contribution in [0.5, 0.6) is 5.75 Å². The maximum atomic E-state index is 12.3. The van der Waals surface area contributed by atoms with Gasteiger partial charge in [-0.15, -0.1) is 0 Å². The minimum atomic E-state index is -0.133. The van der Waals surface area contributed by atoms with Gasteiger partial charge in [-0.05, 0) is 44.0 Å². The molecule has 0 aliphatic rings. The topological polar surface area (TPSA) is 54.5 Å². The molecule has 24 heavy (non-hydrogen) atoms. The molecule has 0 aliphatic carbocycles. The molecule has 2 atom stereocenters. The Morgan fingerprint density at radius 2 is 2.00 bits per heavy atom. The van der Waals surface area contributed by atoms with Crippen LogP contribution in [0.4, 0.5) is 4.79 Å². The first kappa shape index (κ1) is 17.8. The number of amides is 2. The number of carbonyl (C=O) groups excluding carboxylic acids is 1. The molecule has 0 fully saturated rings. The van der Waals surface area contributed by atoms with Crippen LogP contribution in [0.2, 0.25) is 0 Å². The van der Waals surface area contributed by atoms with E-state index >= 15 is 0 Å². The predicted molar refractivity (Wildman–Crippen MR) is 95.1 cm³/mol. The summed E-state index contributed by atoms with van der Waals surface area (Å²) < 4.78 is 5.88. The fraction of sp³-hybridized carbons (Fsp3) is 0.368. The Bertz CT molecular complexity index is 661. The minimum Gasteiger partial charge on any atom is -0.489 e. The average Bonchev–Trinajstić information content (AvgIpc) is 2.61. The largest absolute Gasteiger partial charge is 0.489 e. The van der Waals surface area contributed by atoms with Gasteiger partial charge >= 0.3 is 6.03 Å². The summed E-state index contributed by atoms with van der Waals surface area (Å²) in [5.41, 5.74) is 2.08. The molecule has 5 heteroatoms. The van der Waals surface area contributed by atoms with Gasteiger partial charge in [0.05, 0.1) is 12.6 Å². The van der Waals surface area contributed by atoms with E-state index in [0.29, 0.717) is 6.54 Å². The average molecular weight is 327 g/mol. The number of aromatic nitrogens is 1. The first-order valence-corrected chi connectivity index (χ1v) is 8.12. The van der Waals surface area contributed by atoms with Crippen molar-refractivity contribution in [2.75, 3.05) is 13.6 Å². The van der Waals surface area contributed by atoms with Gasteiger partial charge in [0.15, 0.2) is 0 Å². The Morgan fingerprint density at radius 3 is 2.67 bits per heavy atom. The van der Waals surface area contributed by atoms with Crippen LogP contribution >= 0.6 is 0 Å². The van der Waals surface area contributed by atoms with E-state index < -0.39 is 0 Å². The Labute approximate surface area is 143 Å². The predicted octanol–water partition coefficient (Wildman–Crippen LogP) is 3.56. The maximum Gasteiger partial charge on any atom is 0.317 e. The number of aryl methyl sites for hydroxylation is 1. The van der Waals surface area contributed by atoms with Crippen molar-refractivity contribution < 1.29 is 9.53 Å². The van der Waals surface area contributed by atoms with Gasteiger partial charge in [0, 0.05) is 19.4 Å². The van der Waals surface area contributed by atoms with Gasteiger partial charge in [-0.3, -0.25) is 4.98 Å². The van der Waals surface area contributed by atoms with E-state index in [2.05, 4.69) is 10.3 Å². The molecular weight excluding hydrogens is 302 g/mol. The molecule has 1 heterocycles. The Kier molecular flexibility index (Phi) is 6.18. The molecule has 2 rings (SSSR count). The van der Waals surface area contributed by atoms with Gasteiger partial charge in [0.1, 0.15) is 11.9 Å². The fourth-order valence-corrected chi connectivity index (χ4v) is 2.33. The lowest BCUT2D eigenvalue weighted by Crippen LogP contribution is -2.42. The molecule has 1 N–H and O–H groups in total. The van der Waals surface area contributed by atoms with Crippen molar-refractivity contribution in [1.82, 2.24) is 15.2 Å². The molecule has 0 saturated heterocycles. The van der Waals surface area contributed by atoms with Gasteiger partial charge in [-0.1, -0.05) is 24.3 Å². The van der Waals surface area contributed by atoms with Crippen molar-refractivity contribution in [3.63, 3.8) is 0 Å². The second-order valence-corrected chi connectivity index (χ2v) is 5.95. The number of hydrogen-bond donors (Lipinski definition) is 1. The Balaban J connectivity index is 1.85. The summed E-state index contributed by atoms with van der Waals surface area (Å²) in [6.45, 7) is 6.36. The monoisotopic (exact) mass is 327 g/mol. The van der Waals surface area contributed by atoms with Crippen molar-refractivity contribution in [2.24, 2.45) is 0 Å². The van der Waals surface area contributed by atoms with E-state index in [1.165, 1.54) is 0 Å². The Hall–Kier alpha value is -2.56. The molecule has 2 unspecified atom stereocenters. The van der Waals surface area contributed by atoms with Crippen molar-refractivity contribution in [3.05, 3.63) is 59.9 Å². The quantitative estimate of drug-likeness (QED) is 0.882. The SMILES string of the molecule is Cc1ccccc1OC(C)CNC(=O)N(C)C(C)c1cccnc1. The van der Waals surface area contributed by atoms with Crippen LogP contribution in [-0.4, -0.2) is 35.6 Å². The lowest BCUT2D eigenvalue weighted by molar-refractivity contribution is 0.179. The van der Waals surface area contributed by atoms with Crippen LogP contribution in [0.1, 0.15) is 31.0 Å². The van der Waals surface area contributed by atoms with Crippen molar-refractivity contribution in [2.45, 2.75) is 32.9 Å². The molecule has 2 aromatic rings.